The van der Waals surface area contributed by atoms with Crippen molar-refractivity contribution < 1.29 is 9.47 Å². The smallest absolute Gasteiger partial charge is 0.0809 e. The SMILES string of the molecule is BrCCO[C@@H]1CCCOC1. The van der Waals surface area contributed by atoms with Gasteiger partial charge in [-0.15, -0.1) is 0 Å². The minimum atomic E-state index is 0.353. The molecule has 0 spiro atoms. The van der Waals surface area contributed by atoms with Crippen LogP contribution in [0.4, 0.5) is 0 Å². The summed E-state index contributed by atoms with van der Waals surface area (Å²) in [7, 11) is 0. The van der Waals surface area contributed by atoms with E-state index in [0.29, 0.717) is 6.10 Å². The first-order valence-electron chi connectivity index (χ1n) is 3.69. The average Bonchev–Trinajstić information content (AvgIpc) is 2.03. The zero-order valence-electron chi connectivity index (χ0n) is 6.01. The molecule has 0 radical (unpaired) electrons. The van der Waals surface area contributed by atoms with E-state index in [1.807, 2.05) is 0 Å². The quantitative estimate of drug-likeness (QED) is 0.657. The molecule has 1 atom stereocenters. The Bertz CT molecular complexity index is 81.7. The third-order valence-electron chi connectivity index (χ3n) is 1.55. The maximum atomic E-state index is 5.46. The van der Waals surface area contributed by atoms with Crippen molar-refractivity contribution in [2.45, 2.75) is 18.9 Å². The Morgan fingerprint density at radius 1 is 1.60 bits per heavy atom. The molecule has 10 heavy (non-hydrogen) atoms. The van der Waals surface area contributed by atoms with Crippen LogP contribution in [-0.2, 0) is 9.47 Å². The molecule has 0 aliphatic carbocycles. The van der Waals surface area contributed by atoms with Crippen LogP contribution in [0.5, 0.6) is 0 Å². The lowest BCUT2D eigenvalue weighted by Gasteiger charge is -2.21. The molecule has 0 unspecified atom stereocenters. The van der Waals surface area contributed by atoms with E-state index in [4.69, 9.17) is 9.47 Å². The van der Waals surface area contributed by atoms with E-state index in [1.54, 1.807) is 0 Å². The first-order chi connectivity index (χ1) is 4.93. The van der Waals surface area contributed by atoms with Gasteiger partial charge in [-0.25, -0.2) is 0 Å². The summed E-state index contributed by atoms with van der Waals surface area (Å²) in [6.07, 6.45) is 2.66. The van der Waals surface area contributed by atoms with Gasteiger partial charge in [0.05, 0.1) is 19.3 Å². The molecule has 0 saturated carbocycles. The van der Waals surface area contributed by atoms with Crippen molar-refractivity contribution in [2.75, 3.05) is 25.2 Å². The molecule has 0 N–H and O–H groups in total. The van der Waals surface area contributed by atoms with Crippen LogP contribution < -0.4 is 0 Å². The van der Waals surface area contributed by atoms with Gasteiger partial charge in [0.1, 0.15) is 0 Å². The topological polar surface area (TPSA) is 18.5 Å². The maximum Gasteiger partial charge on any atom is 0.0809 e. The summed E-state index contributed by atoms with van der Waals surface area (Å²) >= 11 is 3.31. The fourth-order valence-corrected chi connectivity index (χ4v) is 1.24. The lowest BCUT2D eigenvalue weighted by atomic mass is 10.2. The number of halogens is 1. The van der Waals surface area contributed by atoms with Crippen molar-refractivity contribution >= 4 is 15.9 Å². The number of alkyl halides is 1. The average molecular weight is 209 g/mol. The van der Waals surface area contributed by atoms with E-state index in [0.717, 1.165) is 38.0 Å². The summed E-state index contributed by atoms with van der Waals surface area (Å²) in [4.78, 5) is 0. The minimum Gasteiger partial charge on any atom is -0.379 e. The van der Waals surface area contributed by atoms with Crippen LogP contribution in [0.1, 0.15) is 12.8 Å². The normalized spacial score (nSPS) is 26.7. The van der Waals surface area contributed by atoms with Gasteiger partial charge < -0.3 is 9.47 Å². The van der Waals surface area contributed by atoms with E-state index in [9.17, 15) is 0 Å². The van der Waals surface area contributed by atoms with Gasteiger partial charge in [0.25, 0.3) is 0 Å². The molecule has 0 aromatic rings. The molecule has 1 rings (SSSR count). The largest absolute Gasteiger partial charge is 0.379 e. The van der Waals surface area contributed by atoms with Crippen LogP contribution in [-0.4, -0.2) is 31.3 Å². The number of ether oxygens (including phenoxy) is 2. The molecule has 1 saturated heterocycles. The van der Waals surface area contributed by atoms with Crippen LogP contribution in [0.25, 0.3) is 0 Å². The second-order valence-corrected chi connectivity index (χ2v) is 3.19. The highest BCUT2D eigenvalue weighted by molar-refractivity contribution is 9.09. The molecule has 60 valence electrons. The lowest BCUT2D eigenvalue weighted by Crippen LogP contribution is -2.25. The van der Waals surface area contributed by atoms with E-state index < -0.39 is 0 Å². The van der Waals surface area contributed by atoms with Gasteiger partial charge in [0.2, 0.25) is 0 Å². The van der Waals surface area contributed by atoms with Gasteiger partial charge in [-0.3, -0.25) is 0 Å². The molecule has 0 bridgehead atoms. The van der Waals surface area contributed by atoms with Crippen molar-refractivity contribution in [3.8, 4) is 0 Å². The fraction of sp³-hybridized carbons (Fsp3) is 1.00. The third-order valence-corrected chi connectivity index (χ3v) is 1.87. The molecule has 1 fully saturated rings. The van der Waals surface area contributed by atoms with Crippen molar-refractivity contribution in [1.29, 1.82) is 0 Å². The molecular weight excluding hydrogens is 196 g/mol. The Kier molecular flexibility index (Phi) is 4.34. The second-order valence-electron chi connectivity index (χ2n) is 2.40. The van der Waals surface area contributed by atoms with E-state index in [1.165, 1.54) is 0 Å². The zero-order valence-corrected chi connectivity index (χ0v) is 7.60. The van der Waals surface area contributed by atoms with Crippen LogP contribution in [0.15, 0.2) is 0 Å². The number of hydrogen-bond donors (Lipinski definition) is 0. The molecule has 0 aromatic heterocycles. The third kappa shape index (κ3) is 2.99. The standard InChI is InChI=1S/C7H13BrO2/c8-3-5-10-7-2-1-4-9-6-7/h7H,1-6H2/t7-/m1/s1. The van der Waals surface area contributed by atoms with Gasteiger partial charge in [0, 0.05) is 11.9 Å². The molecule has 1 heterocycles. The van der Waals surface area contributed by atoms with Crippen molar-refractivity contribution in [1.82, 2.24) is 0 Å². The Labute approximate surface area is 70.0 Å². The summed E-state index contributed by atoms with van der Waals surface area (Å²) in [6.45, 7) is 2.50. The van der Waals surface area contributed by atoms with Crippen molar-refractivity contribution in [2.24, 2.45) is 0 Å². The summed E-state index contributed by atoms with van der Waals surface area (Å²) in [5.41, 5.74) is 0. The number of hydrogen-bond acceptors (Lipinski definition) is 2. The maximum absolute atomic E-state index is 5.46. The highest BCUT2D eigenvalue weighted by atomic mass is 79.9. The van der Waals surface area contributed by atoms with E-state index in [2.05, 4.69) is 15.9 Å². The molecular formula is C7H13BrO2. The van der Waals surface area contributed by atoms with Crippen LogP contribution in [0, 0.1) is 0 Å². The number of rotatable bonds is 3. The van der Waals surface area contributed by atoms with E-state index >= 15 is 0 Å². The Morgan fingerprint density at radius 3 is 3.10 bits per heavy atom. The minimum absolute atomic E-state index is 0.353. The van der Waals surface area contributed by atoms with Gasteiger partial charge in [0.15, 0.2) is 0 Å². The van der Waals surface area contributed by atoms with Gasteiger partial charge in [-0.05, 0) is 12.8 Å². The van der Waals surface area contributed by atoms with Crippen molar-refractivity contribution in [3.05, 3.63) is 0 Å². The van der Waals surface area contributed by atoms with Gasteiger partial charge in [-0.1, -0.05) is 15.9 Å². The van der Waals surface area contributed by atoms with Crippen LogP contribution >= 0.6 is 15.9 Å². The molecule has 3 heteroatoms. The lowest BCUT2D eigenvalue weighted by molar-refractivity contribution is -0.0447. The first kappa shape index (κ1) is 8.50. The molecule has 0 amide bonds. The molecule has 1 aliphatic heterocycles. The highest BCUT2D eigenvalue weighted by Crippen LogP contribution is 2.09. The zero-order chi connectivity index (χ0) is 7.23. The van der Waals surface area contributed by atoms with Gasteiger partial charge in [-0.2, -0.15) is 0 Å². The summed E-state index contributed by atoms with van der Waals surface area (Å²) in [6, 6.07) is 0. The Hall–Kier alpha value is 0.400. The highest BCUT2D eigenvalue weighted by Gasteiger charge is 2.12. The monoisotopic (exact) mass is 208 g/mol. The fourth-order valence-electron chi connectivity index (χ4n) is 1.05. The van der Waals surface area contributed by atoms with E-state index in [-0.39, 0.29) is 0 Å². The molecule has 0 aromatic carbocycles. The van der Waals surface area contributed by atoms with Crippen LogP contribution in [0.2, 0.25) is 0 Å². The molecule has 1 aliphatic rings. The predicted octanol–water partition coefficient (Wildman–Crippen LogP) is 1.58. The van der Waals surface area contributed by atoms with Crippen molar-refractivity contribution in [3.63, 3.8) is 0 Å². The predicted molar refractivity (Wildman–Crippen MR) is 43.6 cm³/mol. The van der Waals surface area contributed by atoms with Crippen LogP contribution in [0.3, 0.4) is 0 Å². The Morgan fingerprint density at radius 2 is 2.50 bits per heavy atom. The van der Waals surface area contributed by atoms with Gasteiger partial charge >= 0.3 is 0 Å². The summed E-state index contributed by atoms with van der Waals surface area (Å²) in [5, 5.41) is 0.920. The molecule has 2 nitrogen and oxygen atoms in total. The summed E-state index contributed by atoms with van der Waals surface area (Å²) < 4.78 is 10.7. The summed E-state index contributed by atoms with van der Waals surface area (Å²) in [5.74, 6) is 0. The first-order valence-corrected chi connectivity index (χ1v) is 4.81. The Balaban J connectivity index is 2.02. The second kappa shape index (κ2) is 5.10.